The lowest BCUT2D eigenvalue weighted by Crippen LogP contribution is -2.19. The van der Waals surface area contributed by atoms with Crippen LogP contribution in [0.1, 0.15) is 6.92 Å². The molecule has 5 heteroatoms. The van der Waals surface area contributed by atoms with Crippen LogP contribution in [0.4, 0.5) is 5.69 Å². The predicted molar refractivity (Wildman–Crippen MR) is 42.5 cm³/mol. The Morgan fingerprint density at radius 1 is 1.91 bits per heavy atom. The molecule has 1 aromatic rings. The molecule has 0 bridgehead atoms. The van der Waals surface area contributed by atoms with Crippen molar-refractivity contribution in [3.8, 4) is 0 Å². The van der Waals surface area contributed by atoms with Gasteiger partial charge in [0, 0.05) is 6.20 Å². The van der Waals surface area contributed by atoms with Crippen LogP contribution in [-0.2, 0) is 4.79 Å². The van der Waals surface area contributed by atoms with E-state index in [0.29, 0.717) is 5.69 Å². The van der Waals surface area contributed by atoms with Gasteiger partial charge in [-0.3, -0.25) is 9.89 Å². The molecule has 1 atom stereocenters. The number of anilines is 1. The first-order chi connectivity index (χ1) is 5.20. The lowest BCUT2D eigenvalue weighted by atomic mass is 10.4. The Hall–Kier alpha value is -1.03. The number of hydrogen-bond donors (Lipinski definition) is 2. The van der Waals surface area contributed by atoms with Gasteiger partial charge in [0.15, 0.2) is 0 Å². The van der Waals surface area contributed by atoms with E-state index in [0.717, 1.165) is 0 Å². The summed E-state index contributed by atoms with van der Waals surface area (Å²) in [7, 11) is 0. The molecule has 0 aliphatic rings. The monoisotopic (exact) mass is 173 g/mol. The minimum atomic E-state index is -0.523. The van der Waals surface area contributed by atoms with E-state index in [1.54, 1.807) is 13.1 Å². The molecule has 60 valence electrons. The van der Waals surface area contributed by atoms with Crippen LogP contribution >= 0.6 is 11.6 Å². The second-order valence-corrected chi connectivity index (χ2v) is 2.75. The zero-order valence-electron chi connectivity index (χ0n) is 5.97. The van der Waals surface area contributed by atoms with Crippen LogP contribution in [0.5, 0.6) is 0 Å². The summed E-state index contributed by atoms with van der Waals surface area (Å²) in [5.74, 6) is -0.229. The maximum atomic E-state index is 10.9. The van der Waals surface area contributed by atoms with Crippen LogP contribution in [0.3, 0.4) is 0 Å². The second kappa shape index (κ2) is 3.39. The molecule has 0 fully saturated rings. The molecule has 11 heavy (non-hydrogen) atoms. The highest BCUT2D eigenvalue weighted by atomic mass is 35.5. The van der Waals surface area contributed by atoms with E-state index in [9.17, 15) is 4.79 Å². The zero-order valence-corrected chi connectivity index (χ0v) is 6.72. The molecular weight excluding hydrogens is 166 g/mol. The molecule has 1 heterocycles. The summed E-state index contributed by atoms with van der Waals surface area (Å²) < 4.78 is 0. The highest BCUT2D eigenvalue weighted by Crippen LogP contribution is 2.03. The smallest absolute Gasteiger partial charge is 0.242 e. The van der Waals surface area contributed by atoms with Gasteiger partial charge in [-0.1, -0.05) is 0 Å². The Bertz CT molecular complexity index is 232. The van der Waals surface area contributed by atoms with Crippen molar-refractivity contribution in [2.75, 3.05) is 5.32 Å². The van der Waals surface area contributed by atoms with Crippen molar-refractivity contribution in [3.05, 3.63) is 12.4 Å². The molecule has 0 aliphatic heterocycles. The third kappa shape index (κ3) is 2.23. The number of hydrogen-bond acceptors (Lipinski definition) is 2. The number of H-pyrrole nitrogens is 1. The molecule has 1 unspecified atom stereocenters. The average molecular weight is 174 g/mol. The van der Waals surface area contributed by atoms with Crippen molar-refractivity contribution in [2.24, 2.45) is 0 Å². The van der Waals surface area contributed by atoms with Crippen molar-refractivity contribution in [1.82, 2.24) is 10.2 Å². The normalized spacial score (nSPS) is 12.5. The first kappa shape index (κ1) is 8.07. The molecule has 0 spiro atoms. The third-order valence-electron chi connectivity index (χ3n) is 1.13. The number of alkyl halides is 1. The molecule has 1 amide bonds. The zero-order chi connectivity index (χ0) is 8.27. The lowest BCUT2D eigenvalue weighted by molar-refractivity contribution is -0.115. The van der Waals surface area contributed by atoms with Crippen molar-refractivity contribution in [2.45, 2.75) is 12.3 Å². The number of nitrogens with one attached hydrogen (secondary N) is 2. The van der Waals surface area contributed by atoms with Crippen LogP contribution < -0.4 is 5.32 Å². The first-order valence-corrected chi connectivity index (χ1v) is 3.57. The van der Waals surface area contributed by atoms with Crippen molar-refractivity contribution in [3.63, 3.8) is 0 Å². The molecule has 0 radical (unpaired) electrons. The molecule has 0 saturated carbocycles. The van der Waals surface area contributed by atoms with Crippen LogP contribution in [0.15, 0.2) is 12.4 Å². The topological polar surface area (TPSA) is 57.8 Å². The number of carbonyl (C=O) groups excluding carboxylic acids is 1. The maximum Gasteiger partial charge on any atom is 0.242 e. The number of nitrogens with zero attached hydrogens (tertiary/aromatic N) is 1. The third-order valence-corrected chi connectivity index (χ3v) is 1.33. The number of carbonyl (C=O) groups is 1. The largest absolute Gasteiger partial charge is 0.322 e. The number of aromatic nitrogens is 2. The summed E-state index contributed by atoms with van der Waals surface area (Å²) >= 11 is 5.50. The van der Waals surface area contributed by atoms with E-state index < -0.39 is 5.38 Å². The summed E-state index contributed by atoms with van der Waals surface area (Å²) in [6.45, 7) is 1.61. The summed E-state index contributed by atoms with van der Waals surface area (Å²) in [5, 5.41) is 8.25. The van der Waals surface area contributed by atoms with Gasteiger partial charge < -0.3 is 5.32 Å². The predicted octanol–water partition coefficient (Wildman–Crippen LogP) is 0.975. The van der Waals surface area contributed by atoms with Gasteiger partial charge in [-0.2, -0.15) is 5.10 Å². The van der Waals surface area contributed by atoms with Gasteiger partial charge in [0.2, 0.25) is 5.91 Å². The molecule has 1 rings (SSSR count). The van der Waals surface area contributed by atoms with Crippen molar-refractivity contribution < 1.29 is 4.79 Å². The van der Waals surface area contributed by atoms with Crippen molar-refractivity contribution in [1.29, 1.82) is 0 Å². The highest BCUT2D eigenvalue weighted by molar-refractivity contribution is 6.32. The number of halogens is 1. The molecular formula is C6H8ClN3O. The number of amides is 1. The van der Waals surface area contributed by atoms with Crippen LogP contribution in [0.2, 0.25) is 0 Å². The summed E-state index contributed by atoms with van der Waals surface area (Å²) in [4.78, 5) is 10.9. The van der Waals surface area contributed by atoms with Gasteiger partial charge in [0.1, 0.15) is 5.38 Å². The van der Waals surface area contributed by atoms with Crippen LogP contribution in [-0.4, -0.2) is 21.5 Å². The average Bonchev–Trinajstić information content (AvgIpc) is 2.39. The van der Waals surface area contributed by atoms with Gasteiger partial charge in [-0.05, 0) is 6.92 Å². The number of rotatable bonds is 2. The SMILES string of the molecule is CC(Cl)C(=O)Nc1cn[nH]c1. The second-order valence-electron chi connectivity index (χ2n) is 2.09. The van der Waals surface area contributed by atoms with E-state index in [2.05, 4.69) is 15.5 Å². The van der Waals surface area contributed by atoms with E-state index in [4.69, 9.17) is 11.6 Å². The van der Waals surface area contributed by atoms with Gasteiger partial charge >= 0.3 is 0 Å². The highest BCUT2D eigenvalue weighted by Gasteiger charge is 2.08. The maximum absolute atomic E-state index is 10.9. The van der Waals surface area contributed by atoms with Gasteiger partial charge in [0.05, 0.1) is 11.9 Å². The Balaban J connectivity index is 2.50. The van der Waals surface area contributed by atoms with Crippen LogP contribution in [0.25, 0.3) is 0 Å². The van der Waals surface area contributed by atoms with E-state index >= 15 is 0 Å². The van der Waals surface area contributed by atoms with E-state index in [-0.39, 0.29) is 5.91 Å². The Morgan fingerprint density at radius 2 is 2.64 bits per heavy atom. The molecule has 0 aliphatic carbocycles. The Morgan fingerprint density at radius 3 is 3.09 bits per heavy atom. The van der Waals surface area contributed by atoms with E-state index in [1.165, 1.54) is 6.20 Å². The summed E-state index contributed by atoms with van der Waals surface area (Å²) in [6.07, 6.45) is 3.09. The fraction of sp³-hybridized carbons (Fsp3) is 0.333. The Labute approximate surface area is 68.9 Å². The first-order valence-electron chi connectivity index (χ1n) is 3.14. The lowest BCUT2D eigenvalue weighted by Gasteiger charge is -2.01. The molecule has 4 nitrogen and oxygen atoms in total. The fourth-order valence-corrected chi connectivity index (χ4v) is 0.616. The molecule has 1 aromatic heterocycles. The quantitative estimate of drug-likeness (QED) is 0.655. The van der Waals surface area contributed by atoms with E-state index in [1.807, 2.05) is 0 Å². The molecule has 2 N–H and O–H groups in total. The summed E-state index contributed by atoms with van der Waals surface area (Å²) in [6, 6.07) is 0. The molecule has 0 saturated heterocycles. The Kier molecular flexibility index (Phi) is 2.48. The fourth-order valence-electron chi connectivity index (χ4n) is 0.561. The van der Waals surface area contributed by atoms with Gasteiger partial charge in [-0.15, -0.1) is 11.6 Å². The molecule has 0 aromatic carbocycles. The van der Waals surface area contributed by atoms with Gasteiger partial charge in [0.25, 0.3) is 0 Å². The number of aromatic amines is 1. The minimum Gasteiger partial charge on any atom is -0.322 e. The van der Waals surface area contributed by atoms with Crippen molar-refractivity contribution >= 4 is 23.2 Å². The summed E-state index contributed by atoms with van der Waals surface area (Å²) in [5.41, 5.74) is 0.627. The van der Waals surface area contributed by atoms with Crippen LogP contribution in [0, 0.1) is 0 Å². The van der Waals surface area contributed by atoms with Gasteiger partial charge in [-0.25, -0.2) is 0 Å². The standard InChI is InChI=1S/C6H8ClN3O/c1-4(7)6(11)10-5-2-8-9-3-5/h2-4H,1H3,(H,8,9)(H,10,11). The minimum absolute atomic E-state index is 0.229.